The second-order valence-electron chi connectivity index (χ2n) is 10.6. The van der Waals surface area contributed by atoms with Crippen molar-refractivity contribution in [2.75, 3.05) is 0 Å². The molecule has 0 saturated heterocycles. The topological polar surface area (TPSA) is 0 Å². The fourth-order valence-corrected chi connectivity index (χ4v) is 6.19. The van der Waals surface area contributed by atoms with Crippen molar-refractivity contribution in [2.45, 2.75) is 138 Å². The van der Waals surface area contributed by atoms with Gasteiger partial charge < -0.3 is 0 Å². The van der Waals surface area contributed by atoms with Gasteiger partial charge in [-0.05, 0) is 83.0 Å². The Balaban J connectivity index is 2.94. The number of rotatable bonds is 14. The Bertz CT molecular complexity index is 797. The molecule has 0 aliphatic carbocycles. The Morgan fingerprint density at radius 2 is 0.697 bits per heavy atom. The molecule has 0 spiro atoms. The molecule has 0 heteroatoms. The van der Waals surface area contributed by atoms with Gasteiger partial charge in [-0.15, -0.1) is 0 Å². The lowest BCUT2D eigenvalue weighted by Gasteiger charge is -2.37. The summed E-state index contributed by atoms with van der Waals surface area (Å²) in [5, 5.41) is 0. The zero-order valence-electron chi connectivity index (χ0n) is 23.3. The van der Waals surface area contributed by atoms with E-state index in [1.54, 1.807) is 44.5 Å². The lowest BCUT2D eigenvalue weighted by Crippen LogP contribution is -2.28. The van der Waals surface area contributed by atoms with E-state index < -0.39 is 0 Å². The largest absolute Gasteiger partial charge is 0.0651 e. The molecule has 2 aromatic carbocycles. The van der Waals surface area contributed by atoms with E-state index in [-0.39, 0.29) is 5.41 Å². The summed E-state index contributed by atoms with van der Waals surface area (Å²) in [6.45, 7) is 19.1. The highest BCUT2D eigenvalue weighted by molar-refractivity contribution is 5.56. The molecule has 2 aromatic rings. The SMILES string of the molecule is CCCc1ccc(CCC)c(C(C)(C)c2c(CCC)ccc(CCC)c2CCC)c1CCC. The van der Waals surface area contributed by atoms with Crippen LogP contribution < -0.4 is 0 Å². The summed E-state index contributed by atoms with van der Waals surface area (Å²) in [5.74, 6) is 0. The molecule has 0 nitrogen and oxygen atoms in total. The Morgan fingerprint density at radius 1 is 0.424 bits per heavy atom. The molecule has 0 amide bonds. The maximum absolute atomic E-state index is 2.56. The molecule has 0 aliphatic heterocycles. The van der Waals surface area contributed by atoms with Gasteiger partial charge in [0.15, 0.2) is 0 Å². The van der Waals surface area contributed by atoms with E-state index in [1.807, 2.05) is 0 Å². The van der Waals surface area contributed by atoms with E-state index >= 15 is 0 Å². The molecular formula is C33H52. The van der Waals surface area contributed by atoms with Crippen LogP contribution in [0.5, 0.6) is 0 Å². The summed E-state index contributed by atoms with van der Waals surface area (Å²) < 4.78 is 0. The van der Waals surface area contributed by atoms with Gasteiger partial charge in [-0.25, -0.2) is 0 Å². The molecule has 0 radical (unpaired) electrons. The molecule has 0 N–H and O–H groups in total. The zero-order valence-corrected chi connectivity index (χ0v) is 23.3. The van der Waals surface area contributed by atoms with Crippen molar-refractivity contribution < 1.29 is 0 Å². The van der Waals surface area contributed by atoms with E-state index in [9.17, 15) is 0 Å². The predicted octanol–water partition coefficient (Wildman–Crippen LogP) is 9.73. The minimum Gasteiger partial charge on any atom is -0.0651 e. The Labute approximate surface area is 206 Å². The fraction of sp³-hybridized carbons (Fsp3) is 0.636. The summed E-state index contributed by atoms with van der Waals surface area (Å²) in [4.78, 5) is 0. The van der Waals surface area contributed by atoms with Crippen LogP contribution in [-0.2, 0) is 43.9 Å². The van der Waals surface area contributed by atoms with Gasteiger partial charge in [-0.1, -0.05) is 118 Å². The average Bonchev–Trinajstić information content (AvgIpc) is 2.78. The molecule has 0 unspecified atom stereocenters. The molecule has 184 valence electrons. The number of hydrogen-bond donors (Lipinski definition) is 0. The van der Waals surface area contributed by atoms with E-state index in [2.05, 4.69) is 79.7 Å². The van der Waals surface area contributed by atoms with Crippen LogP contribution in [0.25, 0.3) is 0 Å². The Hall–Kier alpha value is -1.56. The normalized spacial score (nSPS) is 11.9. The third-order valence-corrected chi connectivity index (χ3v) is 7.32. The summed E-state index contributed by atoms with van der Waals surface area (Å²) in [5.41, 5.74) is 13.1. The lowest BCUT2D eigenvalue weighted by molar-refractivity contribution is 0.594. The van der Waals surface area contributed by atoms with Crippen molar-refractivity contribution >= 4 is 0 Å². The highest BCUT2D eigenvalue weighted by Gasteiger charge is 2.33. The molecule has 0 atom stereocenters. The van der Waals surface area contributed by atoms with Crippen molar-refractivity contribution in [3.8, 4) is 0 Å². The standard InChI is InChI=1S/C33H52/c1-9-15-25-21-23-27(17-11-3)31(29(25)19-13-5)33(7,8)32-28(18-12-4)24-22-26(16-10-2)30(32)20-14-6/h21-24H,9-20H2,1-8H3. The maximum atomic E-state index is 2.56. The number of hydrogen-bond acceptors (Lipinski definition) is 0. The molecule has 0 aromatic heterocycles. The van der Waals surface area contributed by atoms with Crippen molar-refractivity contribution in [3.05, 3.63) is 68.8 Å². The quantitative estimate of drug-likeness (QED) is 0.270. The minimum atomic E-state index is 0.0253. The molecule has 33 heavy (non-hydrogen) atoms. The van der Waals surface area contributed by atoms with Crippen LogP contribution in [0.1, 0.15) is 138 Å². The molecule has 0 saturated carbocycles. The summed E-state index contributed by atoms with van der Waals surface area (Å²) in [6.07, 6.45) is 14.5. The first-order chi connectivity index (χ1) is 15.9. The van der Waals surface area contributed by atoms with Crippen molar-refractivity contribution in [1.82, 2.24) is 0 Å². The summed E-state index contributed by atoms with van der Waals surface area (Å²) in [7, 11) is 0. The monoisotopic (exact) mass is 448 g/mol. The highest BCUT2D eigenvalue weighted by Crippen LogP contribution is 2.43. The third kappa shape index (κ3) is 6.32. The second-order valence-corrected chi connectivity index (χ2v) is 10.6. The third-order valence-electron chi connectivity index (χ3n) is 7.32. The van der Waals surface area contributed by atoms with E-state index in [4.69, 9.17) is 0 Å². The van der Waals surface area contributed by atoms with E-state index in [1.165, 1.54) is 77.0 Å². The fourth-order valence-electron chi connectivity index (χ4n) is 6.19. The first-order valence-electron chi connectivity index (χ1n) is 14.2. The Kier molecular flexibility index (Phi) is 11.2. The van der Waals surface area contributed by atoms with Gasteiger partial charge in [0.2, 0.25) is 0 Å². The Morgan fingerprint density at radius 3 is 1.00 bits per heavy atom. The van der Waals surface area contributed by atoms with Crippen LogP contribution in [0.2, 0.25) is 0 Å². The predicted molar refractivity (Wildman–Crippen MR) is 149 cm³/mol. The molecule has 0 heterocycles. The first-order valence-corrected chi connectivity index (χ1v) is 14.2. The molecule has 0 fully saturated rings. The zero-order chi connectivity index (χ0) is 24.4. The second kappa shape index (κ2) is 13.4. The van der Waals surface area contributed by atoms with Gasteiger partial charge >= 0.3 is 0 Å². The van der Waals surface area contributed by atoms with Crippen LogP contribution in [0, 0.1) is 0 Å². The average molecular weight is 449 g/mol. The first kappa shape index (κ1) is 27.7. The van der Waals surface area contributed by atoms with Crippen molar-refractivity contribution in [1.29, 1.82) is 0 Å². The number of aryl methyl sites for hydroxylation is 4. The summed E-state index contributed by atoms with van der Waals surface area (Å²) >= 11 is 0. The van der Waals surface area contributed by atoms with E-state index in [0.717, 1.165) is 0 Å². The molecule has 2 rings (SSSR count). The molecular weight excluding hydrogens is 396 g/mol. The van der Waals surface area contributed by atoms with Crippen LogP contribution in [0.4, 0.5) is 0 Å². The maximum Gasteiger partial charge on any atom is 0.0157 e. The van der Waals surface area contributed by atoms with Gasteiger partial charge in [0, 0.05) is 5.41 Å². The van der Waals surface area contributed by atoms with Crippen LogP contribution in [-0.4, -0.2) is 0 Å². The number of benzene rings is 2. The minimum absolute atomic E-state index is 0.0253. The van der Waals surface area contributed by atoms with Crippen LogP contribution >= 0.6 is 0 Å². The van der Waals surface area contributed by atoms with Crippen LogP contribution in [0.15, 0.2) is 24.3 Å². The van der Waals surface area contributed by atoms with Gasteiger partial charge in [0.1, 0.15) is 0 Å². The smallest absolute Gasteiger partial charge is 0.0157 e. The summed E-state index contributed by atoms with van der Waals surface area (Å²) in [6, 6.07) is 9.90. The van der Waals surface area contributed by atoms with E-state index in [0.29, 0.717) is 0 Å². The molecule has 0 aliphatic rings. The van der Waals surface area contributed by atoms with Gasteiger partial charge in [-0.3, -0.25) is 0 Å². The molecule has 0 bridgehead atoms. The van der Waals surface area contributed by atoms with Crippen molar-refractivity contribution in [3.63, 3.8) is 0 Å². The lowest BCUT2D eigenvalue weighted by atomic mass is 9.67. The van der Waals surface area contributed by atoms with Gasteiger partial charge in [0.25, 0.3) is 0 Å². The van der Waals surface area contributed by atoms with Gasteiger partial charge in [0.05, 0.1) is 0 Å². The van der Waals surface area contributed by atoms with Crippen LogP contribution in [0.3, 0.4) is 0 Å². The highest BCUT2D eigenvalue weighted by atomic mass is 14.4. The van der Waals surface area contributed by atoms with Crippen molar-refractivity contribution in [2.24, 2.45) is 0 Å². The van der Waals surface area contributed by atoms with Gasteiger partial charge in [-0.2, -0.15) is 0 Å².